The highest BCUT2D eigenvalue weighted by Gasteiger charge is 2.32. The van der Waals surface area contributed by atoms with Gasteiger partial charge in [-0.2, -0.15) is 0 Å². The summed E-state index contributed by atoms with van der Waals surface area (Å²) >= 11 is 0. The predicted octanol–water partition coefficient (Wildman–Crippen LogP) is 1.04. The van der Waals surface area contributed by atoms with Crippen LogP contribution in [0.4, 0.5) is 0 Å². The van der Waals surface area contributed by atoms with Crippen molar-refractivity contribution < 1.29 is 14.3 Å². The van der Waals surface area contributed by atoms with E-state index in [9.17, 15) is 4.79 Å². The molecular formula is C14H19NO3. The van der Waals surface area contributed by atoms with Gasteiger partial charge in [0, 0.05) is 18.0 Å². The molecule has 0 radical (unpaired) electrons. The SMILES string of the molecule is CNC1COCC1C(=O)Cc1ccccc1OC. The minimum absolute atomic E-state index is 0.0556. The maximum Gasteiger partial charge on any atom is 0.144 e. The Hall–Kier alpha value is -1.39. The van der Waals surface area contributed by atoms with Crippen molar-refractivity contribution in [3.63, 3.8) is 0 Å². The topological polar surface area (TPSA) is 47.6 Å². The van der Waals surface area contributed by atoms with Gasteiger partial charge in [-0.1, -0.05) is 18.2 Å². The maximum atomic E-state index is 12.3. The summed E-state index contributed by atoms with van der Waals surface area (Å²) in [5.74, 6) is 0.919. The molecule has 1 fully saturated rings. The van der Waals surface area contributed by atoms with Crippen LogP contribution >= 0.6 is 0 Å². The molecule has 1 aromatic rings. The minimum atomic E-state index is -0.0556. The number of ketones is 1. The van der Waals surface area contributed by atoms with Gasteiger partial charge in [-0.3, -0.25) is 4.79 Å². The standard InChI is InChI=1S/C14H19NO3/c1-15-12-9-18-8-11(12)13(16)7-10-5-3-4-6-14(10)17-2/h3-6,11-12,15H,7-9H2,1-2H3. The van der Waals surface area contributed by atoms with E-state index >= 15 is 0 Å². The third-order valence-electron chi connectivity index (χ3n) is 3.42. The summed E-state index contributed by atoms with van der Waals surface area (Å²) in [6.45, 7) is 1.12. The highest BCUT2D eigenvalue weighted by atomic mass is 16.5. The van der Waals surface area contributed by atoms with Gasteiger partial charge in [-0.25, -0.2) is 0 Å². The predicted molar refractivity (Wildman–Crippen MR) is 68.9 cm³/mol. The van der Waals surface area contributed by atoms with Crippen LogP contribution in [0.15, 0.2) is 24.3 Å². The van der Waals surface area contributed by atoms with E-state index < -0.39 is 0 Å². The van der Waals surface area contributed by atoms with Crippen molar-refractivity contribution in [1.82, 2.24) is 5.32 Å². The van der Waals surface area contributed by atoms with E-state index in [1.54, 1.807) is 7.11 Å². The smallest absolute Gasteiger partial charge is 0.144 e. The number of ether oxygens (including phenoxy) is 2. The van der Waals surface area contributed by atoms with Crippen molar-refractivity contribution in [3.8, 4) is 5.75 Å². The fourth-order valence-corrected chi connectivity index (χ4v) is 2.32. The lowest BCUT2D eigenvalue weighted by Gasteiger charge is -2.16. The number of hydrogen-bond acceptors (Lipinski definition) is 4. The van der Waals surface area contributed by atoms with Crippen LogP contribution in [-0.2, 0) is 16.0 Å². The lowest BCUT2D eigenvalue weighted by atomic mass is 9.93. The van der Waals surface area contributed by atoms with E-state index in [1.807, 2.05) is 31.3 Å². The van der Waals surface area contributed by atoms with Crippen molar-refractivity contribution >= 4 is 5.78 Å². The number of Topliss-reactive ketones (excluding diaryl/α,β-unsaturated/α-hetero) is 1. The quantitative estimate of drug-likeness (QED) is 0.847. The zero-order valence-corrected chi connectivity index (χ0v) is 10.8. The van der Waals surface area contributed by atoms with Gasteiger partial charge in [-0.15, -0.1) is 0 Å². The molecule has 1 saturated heterocycles. The average Bonchev–Trinajstić information content (AvgIpc) is 2.87. The second-order valence-electron chi connectivity index (χ2n) is 4.49. The second-order valence-corrected chi connectivity index (χ2v) is 4.49. The van der Waals surface area contributed by atoms with Crippen LogP contribution in [-0.4, -0.2) is 39.2 Å². The van der Waals surface area contributed by atoms with Crippen LogP contribution in [0.2, 0.25) is 0 Å². The molecule has 0 spiro atoms. The number of para-hydroxylation sites is 1. The molecule has 0 aromatic heterocycles. The number of carbonyl (C=O) groups is 1. The van der Waals surface area contributed by atoms with E-state index in [2.05, 4.69) is 5.32 Å². The minimum Gasteiger partial charge on any atom is -0.496 e. The van der Waals surface area contributed by atoms with Crippen LogP contribution in [0.5, 0.6) is 5.75 Å². The Morgan fingerprint density at radius 2 is 2.22 bits per heavy atom. The Morgan fingerprint density at radius 1 is 1.44 bits per heavy atom. The Balaban J connectivity index is 2.07. The molecule has 0 aliphatic carbocycles. The molecule has 18 heavy (non-hydrogen) atoms. The van der Waals surface area contributed by atoms with Gasteiger partial charge in [0.2, 0.25) is 0 Å². The summed E-state index contributed by atoms with van der Waals surface area (Å²) in [6.07, 6.45) is 0.399. The molecule has 0 saturated carbocycles. The Bertz CT molecular complexity index is 419. The number of hydrogen-bond donors (Lipinski definition) is 1. The highest BCUT2D eigenvalue weighted by Crippen LogP contribution is 2.22. The summed E-state index contributed by atoms with van der Waals surface area (Å²) in [5, 5.41) is 3.13. The molecule has 4 nitrogen and oxygen atoms in total. The molecule has 1 aliphatic rings. The van der Waals surface area contributed by atoms with E-state index in [0.29, 0.717) is 19.6 Å². The number of carbonyl (C=O) groups excluding carboxylic acids is 1. The lowest BCUT2D eigenvalue weighted by molar-refractivity contribution is -0.122. The van der Waals surface area contributed by atoms with E-state index in [0.717, 1.165) is 11.3 Å². The van der Waals surface area contributed by atoms with Crippen LogP contribution in [0.1, 0.15) is 5.56 Å². The van der Waals surface area contributed by atoms with Gasteiger partial charge >= 0.3 is 0 Å². The zero-order chi connectivity index (χ0) is 13.0. The van der Waals surface area contributed by atoms with Crippen molar-refractivity contribution in [1.29, 1.82) is 0 Å². The zero-order valence-electron chi connectivity index (χ0n) is 10.8. The van der Waals surface area contributed by atoms with Crippen LogP contribution in [0.25, 0.3) is 0 Å². The molecule has 98 valence electrons. The number of rotatable bonds is 5. The largest absolute Gasteiger partial charge is 0.496 e. The first kappa shape index (κ1) is 13.1. The van der Waals surface area contributed by atoms with Gasteiger partial charge in [0.15, 0.2) is 0 Å². The van der Waals surface area contributed by atoms with Crippen molar-refractivity contribution in [2.75, 3.05) is 27.4 Å². The molecule has 1 aliphatic heterocycles. The van der Waals surface area contributed by atoms with Crippen molar-refractivity contribution in [2.24, 2.45) is 5.92 Å². The molecule has 4 heteroatoms. The molecule has 1 N–H and O–H groups in total. The first-order chi connectivity index (χ1) is 8.76. The maximum absolute atomic E-state index is 12.3. The normalized spacial score (nSPS) is 23.0. The summed E-state index contributed by atoms with van der Waals surface area (Å²) in [6, 6.07) is 7.77. The fourth-order valence-electron chi connectivity index (χ4n) is 2.32. The van der Waals surface area contributed by atoms with Crippen LogP contribution in [0.3, 0.4) is 0 Å². The molecule has 0 bridgehead atoms. The monoisotopic (exact) mass is 249 g/mol. The molecule has 1 aromatic carbocycles. The number of likely N-dealkylation sites (N-methyl/N-ethyl adjacent to an activating group) is 1. The van der Waals surface area contributed by atoms with Gasteiger partial charge in [-0.05, 0) is 13.1 Å². The summed E-state index contributed by atoms with van der Waals surface area (Å²) in [4.78, 5) is 12.3. The number of benzene rings is 1. The lowest BCUT2D eigenvalue weighted by Crippen LogP contribution is -2.37. The Kier molecular flexibility index (Phi) is 4.33. The number of methoxy groups -OCH3 is 1. The third-order valence-corrected chi connectivity index (χ3v) is 3.42. The third kappa shape index (κ3) is 2.71. The van der Waals surface area contributed by atoms with Crippen molar-refractivity contribution in [3.05, 3.63) is 29.8 Å². The van der Waals surface area contributed by atoms with Gasteiger partial charge in [0.25, 0.3) is 0 Å². The first-order valence-corrected chi connectivity index (χ1v) is 6.16. The molecule has 2 unspecified atom stereocenters. The summed E-state index contributed by atoms with van der Waals surface area (Å²) < 4.78 is 10.6. The molecule has 1 heterocycles. The van der Waals surface area contributed by atoms with E-state index in [1.165, 1.54) is 0 Å². The Labute approximate surface area is 107 Å². The highest BCUT2D eigenvalue weighted by molar-refractivity contribution is 5.85. The van der Waals surface area contributed by atoms with Gasteiger partial charge < -0.3 is 14.8 Å². The summed E-state index contributed by atoms with van der Waals surface area (Å²) in [7, 11) is 3.49. The molecule has 2 rings (SSSR count). The fraction of sp³-hybridized carbons (Fsp3) is 0.500. The molecular weight excluding hydrogens is 230 g/mol. The molecule has 2 atom stereocenters. The second kappa shape index (κ2) is 5.98. The Morgan fingerprint density at radius 3 is 2.94 bits per heavy atom. The number of nitrogens with one attached hydrogen (secondary N) is 1. The van der Waals surface area contributed by atoms with Crippen LogP contribution < -0.4 is 10.1 Å². The van der Waals surface area contributed by atoms with Gasteiger partial charge in [0.1, 0.15) is 11.5 Å². The summed E-state index contributed by atoms with van der Waals surface area (Å²) in [5.41, 5.74) is 0.937. The van der Waals surface area contributed by atoms with E-state index in [-0.39, 0.29) is 17.7 Å². The molecule has 0 amide bonds. The van der Waals surface area contributed by atoms with Crippen LogP contribution in [0, 0.1) is 5.92 Å². The van der Waals surface area contributed by atoms with E-state index in [4.69, 9.17) is 9.47 Å². The average molecular weight is 249 g/mol. The van der Waals surface area contributed by atoms with Crippen molar-refractivity contribution in [2.45, 2.75) is 12.5 Å². The van der Waals surface area contributed by atoms with Gasteiger partial charge in [0.05, 0.1) is 26.2 Å². The first-order valence-electron chi connectivity index (χ1n) is 6.16.